The third kappa shape index (κ3) is 5.03. The molecule has 0 radical (unpaired) electrons. The molecule has 1 fully saturated rings. The standard InChI is InChI=1S/C20H25N3O2/c24-19(16-23-12-5-4-8-20(23)25)21-11-15-22-13-9-18(10-14-22)17-6-2-1-3-7-17/h1-8,12,18H,9-11,13-16H2,(H,21,24). The summed E-state index contributed by atoms with van der Waals surface area (Å²) in [4.78, 5) is 25.9. The molecule has 132 valence electrons. The highest BCUT2D eigenvalue weighted by Crippen LogP contribution is 2.27. The Bertz CT molecular complexity index is 734. The van der Waals surface area contributed by atoms with Crippen molar-refractivity contribution in [1.82, 2.24) is 14.8 Å². The van der Waals surface area contributed by atoms with Gasteiger partial charge in [-0.05, 0) is 43.5 Å². The number of nitrogens with zero attached hydrogens (tertiary/aromatic N) is 2. The number of aromatic nitrogens is 1. The van der Waals surface area contributed by atoms with Crippen LogP contribution in [-0.2, 0) is 11.3 Å². The van der Waals surface area contributed by atoms with Crippen molar-refractivity contribution in [3.63, 3.8) is 0 Å². The van der Waals surface area contributed by atoms with E-state index < -0.39 is 0 Å². The quantitative estimate of drug-likeness (QED) is 0.874. The van der Waals surface area contributed by atoms with E-state index in [-0.39, 0.29) is 18.0 Å². The topological polar surface area (TPSA) is 54.3 Å². The van der Waals surface area contributed by atoms with Crippen LogP contribution in [0, 0.1) is 0 Å². The first-order valence-electron chi connectivity index (χ1n) is 8.92. The average molecular weight is 339 g/mol. The summed E-state index contributed by atoms with van der Waals surface area (Å²) in [5, 5.41) is 2.91. The van der Waals surface area contributed by atoms with Crippen LogP contribution in [0.15, 0.2) is 59.5 Å². The molecule has 1 aliphatic heterocycles. The molecule has 1 amide bonds. The maximum atomic E-state index is 12.0. The molecule has 0 aliphatic carbocycles. The Kier molecular flexibility index (Phi) is 6.01. The van der Waals surface area contributed by atoms with Crippen LogP contribution in [0.5, 0.6) is 0 Å². The van der Waals surface area contributed by atoms with Crippen LogP contribution >= 0.6 is 0 Å². The Morgan fingerprint density at radius 1 is 1.04 bits per heavy atom. The van der Waals surface area contributed by atoms with Gasteiger partial charge >= 0.3 is 0 Å². The fraction of sp³-hybridized carbons (Fsp3) is 0.400. The van der Waals surface area contributed by atoms with Gasteiger partial charge in [0.15, 0.2) is 0 Å². The summed E-state index contributed by atoms with van der Waals surface area (Å²) < 4.78 is 1.42. The van der Waals surface area contributed by atoms with Gasteiger partial charge in [-0.15, -0.1) is 0 Å². The first kappa shape index (κ1) is 17.4. The van der Waals surface area contributed by atoms with E-state index in [2.05, 4.69) is 40.5 Å². The molecule has 0 saturated carbocycles. The number of nitrogens with one attached hydrogen (secondary N) is 1. The third-order valence-electron chi connectivity index (χ3n) is 4.82. The molecule has 1 aromatic carbocycles. The van der Waals surface area contributed by atoms with Crippen molar-refractivity contribution >= 4 is 5.91 Å². The van der Waals surface area contributed by atoms with E-state index in [1.165, 1.54) is 16.2 Å². The van der Waals surface area contributed by atoms with Gasteiger partial charge in [0.2, 0.25) is 5.91 Å². The lowest BCUT2D eigenvalue weighted by Crippen LogP contribution is -2.40. The van der Waals surface area contributed by atoms with Gasteiger partial charge in [-0.2, -0.15) is 0 Å². The van der Waals surface area contributed by atoms with Crippen molar-refractivity contribution in [2.45, 2.75) is 25.3 Å². The molecule has 1 aliphatic rings. The second kappa shape index (κ2) is 8.62. The molecule has 1 aromatic heterocycles. The van der Waals surface area contributed by atoms with Crippen molar-refractivity contribution in [2.75, 3.05) is 26.2 Å². The number of piperidine rings is 1. The Balaban J connectivity index is 1.37. The van der Waals surface area contributed by atoms with Crippen LogP contribution in [0.1, 0.15) is 24.3 Å². The van der Waals surface area contributed by atoms with Crippen molar-refractivity contribution in [3.8, 4) is 0 Å². The molecule has 0 spiro atoms. The van der Waals surface area contributed by atoms with Crippen molar-refractivity contribution < 1.29 is 4.79 Å². The third-order valence-corrected chi connectivity index (χ3v) is 4.82. The van der Waals surface area contributed by atoms with E-state index in [1.807, 2.05) is 0 Å². The van der Waals surface area contributed by atoms with Crippen molar-refractivity contribution in [3.05, 3.63) is 70.6 Å². The second-order valence-electron chi connectivity index (χ2n) is 6.54. The van der Waals surface area contributed by atoms with Crippen LogP contribution < -0.4 is 10.9 Å². The number of rotatable bonds is 6. The molecule has 5 heteroatoms. The predicted molar refractivity (Wildman–Crippen MR) is 98.6 cm³/mol. The number of hydrogen-bond acceptors (Lipinski definition) is 3. The summed E-state index contributed by atoms with van der Waals surface area (Å²) in [6.07, 6.45) is 3.96. The highest BCUT2D eigenvalue weighted by atomic mass is 16.2. The number of carbonyl (C=O) groups is 1. The summed E-state index contributed by atoms with van der Waals surface area (Å²) in [5.41, 5.74) is 1.28. The first-order chi connectivity index (χ1) is 12.2. The van der Waals surface area contributed by atoms with Crippen LogP contribution in [0.2, 0.25) is 0 Å². The Hall–Kier alpha value is -2.40. The predicted octanol–water partition coefficient (Wildman–Crippen LogP) is 1.84. The van der Waals surface area contributed by atoms with E-state index in [9.17, 15) is 9.59 Å². The van der Waals surface area contributed by atoms with Crippen LogP contribution in [-0.4, -0.2) is 41.6 Å². The van der Waals surface area contributed by atoms with Crippen molar-refractivity contribution in [1.29, 1.82) is 0 Å². The minimum Gasteiger partial charge on any atom is -0.353 e. The molecular weight excluding hydrogens is 314 g/mol. The zero-order valence-electron chi connectivity index (χ0n) is 14.4. The zero-order valence-corrected chi connectivity index (χ0v) is 14.4. The Morgan fingerprint density at radius 2 is 1.76 bits per heavy atom. The normalized spacial score (nSPS) is 15.8. The highest BCUT2D eigenvalue weighted by molar-refractivity contribution is 5.75. The summed E-state index contributed by atoms with van der Waals surface area (Å²) >= 11 is 0. The van der Waals surface area contributed by atoms with E-state index in [0.717, 1.165) is 32.5 Å². The summed E-state index contributed by atoms with van der Waals surface area (Å²) in [7, 11) is 0. The molecule has 5 nitrogen and oxygen atoms in total. The molecule has 2 heterocycles. The first-order valence-corrected chi connectivity index (χ1v) is 8.92. The van der Waals surface area contributed by atoms with Crippen LogP contribution in [0.25, 0.3) is 0 Å². The van der Waals surface area contributed by atoms with E-state index in [0.29, 0.717) is 12.5 Å². The molecule has 3 rings (SSSR count). The van der Waals surface area contributed by atoms with Crippen molar-refractivity contribution in [2.24, 2.45) is 0 Å². The molecule has 1 saturated heterocycles. The minimum absolute atomic E-state index is 0.0791. The maximum Gasteiger partial charge on any atom is 0.250 e. The zero-order chi connectivity index (χ0) is 17.5. The van der Waals surface area contributed by atoms with Gasteiger partial charge in [-0.25, -0.2) is 0 Å². The monoisotopic (exact) mass is 339 g/mol. The van der Waals surface area contributed by atoms with Gasteiger partial charge in [0, 0.05) is 25.4 Å². The van der Waals surface area contributed by atoms with E-state index in [4.69, 9.17) is 0 Å². The molecular formula is C20H25N3O2. The van der Waals surface area contributed by atoms with E-state index in [1.54, 1.807) is 18.3 Å². The lowest BCUT2D eigenvalue weighted by Gasteiger charge is -2.32. The minimum atomic E-state index is -0.152. The molecule has 1 N–H and O–H groups in total. The van der Waals surface area contributed by atoms with E-state index >= 15 is 0 Å². The number of pyridine rings is 1. The van der Waals surface area contributed by atoms with Gasteiger partial charge in [0.25, 0.3) is 5.56 Å². The largest absolute Gasteiger partial charge is 0.353 e. The SMILES string of the molecule is O=C(Cn1ccccc1=O)NCCN1CCC(c2ccccc2)CC1. The van der Waals surface area contributed by atoms with Crippen LogP contribution in [0.3, 0.4) is 0 Å². The van der Waals surface area contributed by atoms with Gasteiger partial charge in [-0.1, -0.05) is 36.4 Å². The average Bonchev–Trinajstić information content (AvgIpc) is 2.65. The molecule has 2 aromatic rings. The Labute approximate surface area is 148 Å². The van der Waals surface area contributed by atoms with Gasteiger partial charge in [0.1, 0.15) is 6.54 Å². The number of hydrogen-bond donors (Lipinski definition) is 1. The maximum absolute atomic E-state index is 12.0. The smallest absolute Gasteiger partial charge is 0.250 e. The molecule has 0 bridgehead atoms. The fourth-order valence-corrected chi connectivity index (χ4v) is 3.37. The molecule has 25 heavy (non-hydrogen) atoms. The highest BCUT2D eigenvalue weighted by Gasteiger charge is 2.20. The summed E-state index contributed by atoms with van der Waals surface area (Å²) in [5.74, 6) is 0.532. The summed E-state index contributed by atoms with van der Waals surface area (Å²) in [6.45, 7) is 3.68. The number of carbonyl (C=O) groups excluding carboxylic acids is 1. The summed E-state index contributed by atoms with van der Waals surface area (Å²) in [6, 6.07) is 15.6. The van der Waals surface area contributed by atoms with Gasteiger partial charge < -0.3 is 14.8 Å². The van der Waals surface area contributed by atoms with Gasteiger partial charge in [0.05, 0.1) is 0 Å². The Morgan fingerprint density at radius 3 is 2.48 bits per heavy atom. The fourth-order valence-electron chi connectivity index (χ4n) is 3.37. The number of benzene rings is 1. The molecule has 0 unspecified atom stereocenters. The lowest BCUT2D eigenvalue weighted by atomic mass is 9.89. The lowest BCUT2D eigenvalue weighted by molar-refractivity contribution is -0.121. The molecule has 0 atom stereocenters. The number of amides is 1. The van der Waals surface area contributed by atoms with Crippen LogP contribution in [0.4, 0.5) is 0 Å². The number of likely N-dealkylation sites (tertiary alicyclic amines) is 1. The van der Waals surface area contributed by atoms with Gasteiger partial charge in [-0.3, -0.25) is 9.59 Å². The second-order valence-corrected chi connectivity index (χ2v) is 6.54.